The number of hydrogen-bond donors (Lipinski definition) is 1. The molecule has 170 valence electrons. The number of ether oxygens (including phenoxy) is 2. The van der Waals surface area contributed by atoms with E-state index in [2.05, 4.69) is 10.3 Å². The van der Waals surface area contributed by atoms with E-state index in [1.54, 1.807) is 0 Å². The van der Waals surface area contributed by atoms with Crippen LogP contribution in [-0.4, -0.2) is 35.0 Å². The zero-order valence-corrected chi connectivity index (χ0v) is 19.1. The molecule has 1 amide bonds. The summed E-state index contributed by atoms with van der Waals surface area (Å²) in [5.74, 6) is -0.584. The van der Waals surface area contributed by atoms with E-state index in [0.29, 0.717) is 28.0 Å². The van der Waals surface area contributed by atoms with Gasteiger partial charge in [-0.25, -0.2) is 9.78 Å². The molecule has 3 aromatic rings. The second kappa shape index (κ2) is 10.0. The number of nitrogens with zero attached hydrogens (tertiary/aromatic N) is 2. The Balaban J connectivity index is 1.44. The predicted molar refractivity (Wildman–Crippen MR) is 122 cm³/mol. The summed E-state index contributed by atoms with van der Waals surface area (Å²) in [6, 6.07) is 11.1. The molecule has 0 fully saturated rings. The van der Waals surface area contributed by atoms with Crippen molar-refractivity contribution in [3.05, 3.63) is 74.8 Å². The zero-order valence-electron chi connectivity index (χ0n) is 17.5. The van der Waals surface area contributed by atoms with Crippen molar-refractivity contribution in [3.8, 4) is 5.75 Å². The Hall–Kier alpha value is -3.44. The molecule has 2 heterocycles. The molecule has 9 nitrogen and oxygen atoms in total. The summed E-state index contributed by atoms with van der Waals surface area (Å²) in [7, 11) is 0. The van der Waals surface area contributed by atoms with E-state index in [4.69, 9.17) is 9.47 Å². The van der Waals surface area contributed by atoms with Gasteiger partial charge in [0.25, 0.3) is 11.6 Å². The fourth-order valence-electron chi connectivity index (χ4n) is 3.29. The van der Waals surface area contributed by atoms with Crippen LogP contribution in [0.3, 0.4) is 0 Å². The zero-order chi connectivity index (χ0) is 23.4. The summed E-state index contributed by atoms with van der Waals surface area (Å²) >= 11 is 2.61. The lowest BCUT2D eigenvalue weighted by Gasteiger charge is -2.26. The summed E-state index contributed by atoms with van der Waals surface area (Å²) in [6.07, 6.45) is 0.593. The average Bonchev–Trinajstić information content (AvgIpc) is 3.22. The maximum Gasteiger partial charge on any atom is 0.340 e. The third-order valence-electron chi connectivity index (χ3n) is 4.82. The van der Waals surface area contributed by atoms with E-state index < -0.39 is 23.4 Å². The number of carbonyl (C=O) groups is 2. The number of hydrogen-bond acceptors (Lipinski definition) is 9. The average molecular weight is 486 g/mol. The minimum atomic E-state index is -0.822. The summed E-state index contributed by atoms with van der Waals surface area (Å²) < 4.78 is 11.5. The van der Waals surface area contributed by atoms with Gasteiger partial charge in [-0.15, -0.1) is 11.3 Å². The van der Waals surface area contributed by atoms with Gasteiger partial charge in [0.15, 0.2) is 10.9 Å². The highest BCUT2D eigenvalue weighted by atomic mass is 32.2. The van der Waals surface area contributed by atoms with Crippen molar-refractivity contribution in [2.45, 2.75) is 28.6 Å². The first-order valence-electron chi connectivity index (χ1n) is 9.97. The Labute approximate surface area is 197 Å². The number of esters is 1. The quantitative estimate of drug-likeness (QED) is 0.299. The van der Waals surface area contributed by atoms with E-state index >= 15 is 0 Å². The minimum absolute atomic E-state index is 0.00580. The Morgan fingerprint density at radius 1 is 1.33 bits per heavy atom. The van der Waals surface area contributed by atoms with Crippen molar-refractivity contribution in [2.24, 2.45) is 0 Å². The number of para-hydroxylation sites is 1. The molecular weight excluding hydrogens is 466 g/mol. The number of aromatic nitrogens is 1. The highest BCUT2D eigenvalue weighted by molar-refractivity contribution is 8.01. The van der Waals surface area contributed by atoms with Gasteiger partial charge in [0.2, 0.25) is 0 Å². The molecular formula is C22H19N3O6S2. The fourth-order valence-corrected chi connectivity index (χ4v) is 5.18. The molecule has 1 aliphatic rings. The van der Waals surface area contributed by atoms with Crippen LogP contribution in [0.2, 0.25) is 0 Å². The third kappa shape index (κ3) is 5.49. The number of nitro benzene ring substituents is 1. The van der Waals surface area contributed by atoms with Crippen LogP contribution in [0.5, 0.6) is 5.75 Å². The van der Waals surface area contributed by atoms with Gasteiger partial charge >= 0.3 is 5.97 Å². The lowest BCUT2D eigenvalue weighted by atomic mass is 10.0. The maximum absolute atomic E-state index is 12.8. The predicted octanol–water partition coefficient (Wildman–Crippen LogP) is 4.31. The summed E-state index contributed by atoms with van der Waals surface area (Å²) in [4.78, 5) is 40.6. The third-order valence-corrected chi connectivity index (χ3v) is 6.95. The molecule has 0 aliphatic carbocycles. The monoisotopic (exact) mass is 485 g/mol. The normalized spacial score (nSPS) is 14.6. The Morgan fingerprint density at radius 3 is 2.91 bits per heavy atom. The van der Waals surface area contributed by atoms with Gasteiger partial charge in [0.1, 0.15) is 5.75 Å². The number of nitro groups is 1. The van der Waals surface area contributed by atoms with Gasteiger partial charge in [0, 0.05) is 40.1 Å². The molecule has 1 atom stereocenters. The number of fused-ring (bicyclic) bond motifs is 1. The number of amides is 1. The number of nitrogens with one attached hydrogen (secondary N) is 1. The Morgan fingerprint density at radius 2 is 2.15 bits per heavy atom. The van der Waals surface area contributed by atoms with Crippen LogP contribution in [-0.2, 0) is 9.53 Å². The molecule has 1 aromatic heterocycles. The number of benzene rings is 2. The molecule has 1 N–H and O–H groups in total. The van der Waals surface area contributed by atoms with Gasteiger partial charge in [-0.1, -0.05) is 30.0 Å². The van der Waals surface area contributed by atoms with E-state index in [1.807, 2.05) is 36.6 Å². The molecule has 0 bridgehead atoms. The second-order valence-corrected chi connectivity index (χ2v) is 9.31. The minimum Gasteiger partial charge on any atom is -0.493 e. The summed E-state index contributed by atoms with van der Waals surface area (Å²) in [6.45, 7) is 1.80. The molecule has 0 spiro atoms. The SMILES string of the molecule is Cc1csc(Sc2ccc([N+](=O)[O-])cc2C(=O)OCC(=O)NC2CCOc3ccccc32)n1. The maximum atomic E-state index is 12.8. The Bertz CT molecular complexity index is 1210. The second-order valence-electron chi connectivity index (χ2n) is 7.17. The van der Waals surface area contributed by atoms with Gasteiger partial charge in [-0.3, -0.25) is 14.9 Å². The number of thiazole rings is 1. The largest absolute Gasteiger partial charge is 0.493 e. The smallest absolute Gasteiger partial charge is 0.340 e. The fraction of sp³-hybridized carbons (Fsp3) is 0.227. The molecule has 11 heteroatoms. The lowest BCUT2D eigenvalue weighted by Crippen LogP contribution is -2.35. The molecule has 2 aromatic carbocycles. The first-order chi connectivity index (χ1) is 15.9. The first-order valence-corrected chi connectivity index (χ1v) is 11.7. The number of non-ortho nitro benzene ring substituents is 1. The van der Waals surface area contributed by atoms with Gasteiger partial charge in [-0.2, -0.15) is 0 Å². The molecule has 1 aliphatic heterocycles. The van der Waals surface area contributed by atoms with Crippen LogP contribution in [0.15, 0.2) is 57.1 Å². The van der Waals surface area contributed by atoms with E-state index in [1.165, 1.54) is 35.2 Å². The summed E-state index contributed by atoms with van der Waals surface area (Å²) in [5, 5.41) is 15.9. The van der Waals surface area contributed by atoms with Crippen LogP contribution in [0.1, 0.15) is 34.1 Å². The van der Waals surface area contributed by atoms with E-state index in [-0.39, 0.29) is 17.3 Å². The van der Waals surface area contributed by atoms with Crippen molar-refractivity contribution >= 4 is 40.7 Å². The standard InChI is InChI=1S/C22H19N3O6S2/c1-13-12-32-22(23-13)33-19-7-6-14(25(28)29)10-16(19)21(27)31-11-20(26)24-17-8-9-30-18-5-3-2-4-15(17)18/h2-7,10,12,17H,8-9,11H2,1H3,(H,24,26). The van der Waals surface area contributed by atoms with Crippen LogP contribution in [0, 0.1) is 17.0 Å². The molecule has 0 saturated heterocycles. The van der Waals surface area contributed by atoms with Crippen molar-refractivity contribution < 1.29 is 24.0 Å². The van der Waals surface area contributed by atoms with Crippen molar-refractivity contribution in [3.63, 3.8) is 0 Å². The molecule has 0 saturated carbocycles. The summed E-state index contributed by atoms with van der Waals surface area (Å²) in [5.41, 5.74) is 1.45. The van der Waals surface area contributed by atoms with Crippen molar-refractivity contribution in [1.29, 1.82) is 0 Å². The number of carbonyl (C=O) groups excluding carboxylic acids is 2. The number of aryl methyl sites for hydroxylation is 1. The first kappa shape index (κ1) is 22.7. The van der Waals surface area contributed by atoms with E-state index in [0.717, 1.165) is 17.3 Å². The van der Waals surface area contributed by atoms with Gasteiger partial charge < -0.3 is 14.8 Å². The van der Waals surface area contributed by atoms with Crippen LogP contribution < -0.4 is 10.1 Å². The highest BCUT2D eigenvalue weighted by Crippen LogP contribution is 2.35. The molecule has 0 radical (unpaired) electrons. The number of rotatable bonds is 7. The molecule has 33 heavy (non-hydrogen) atoms. The van der Waals surface area contributed by atoms with E-state index in [9.17, 15) is 19.7 Å². The lowest BCUT2D eigenvalue weighted by molar-refractivity contribution is -0.384. The highest BCUT2D eigenvalue weighted by Gasteiger charge is 2.24. The van der Waals surface area contributed by atoms with Crippen molar-refractivity contribution in [2.75, 3.05) is 13.2 Å². The Kier molecular flexibility index (Phi) is 6.90. The molecule has 1 unspecified atom stereocenters. The van der Waals surface area contributed by atoms with Gasteiger partial charge in [0.05, 0.1) is 23.1 Å². The molecule has 4 rings (SSSR count). The van der Waals surface area contributed by atoms with Crippen LogP contribution in [0.4, 0.5) is 5.69 Å². The van der Waals surface area contributed by atoms with Crippen LogP contribution >= 0.6 is 23.1 Å². The van der Waals surface area contributed by atoms with Crippen LogP contribution in [0.25, 0.3) is 0 Å². The van der Waals surface area contributed by atoms with Crippen molar-refractivity contribution in [1.82, 2.24) is 10.3 Å². The van der Waals surface area contributed by atoms with Gasteiger partial charge in [-0.05, 0) is 19.1 Å². The topological polar surface area (TPSA) is 121 Å².